The van der Waals surface area contributed by atoms with Crippen molar-refractivity contribution in [3.05, 3.63) is 66.1 Å². The molecule has 0 radical (unpaired) electrons. The van der Waals surface area contributed by atoms with Crippen molar-refractivity contribution in [2.75, 3.05) is 23.3 Å². The van der Waals surface area contributed by atoms with Gasteiger partial charge < -0.3 is 9.15 Å². The van der Waals surface area contributed by atoms with Gasteiger partial charge >= 0.3 is 6.01 Å². The van der Waals surface area contributed by atoms with Crippen LogP contribution in [-0.4, -0.2) is 38.2 Å². The van der Waals surface area contributed by atoms with Crippen molar-refractivity contribution in [3.63, 3.8) is 0 Å². The number of sulfonamides is 1. The number of carbonyl (C=O) groups is 1. The number of para-hydroxylation sites is 1. The van der Waals surface area contributed by atoms with Crippen LogP contribution in [-0.2, 0) is 14.8 Å². The molecule has 9 nitrogen and oxygen atoms in total. The molecule has 1 saturated heterocycles. The Bertz CT molecular complexity index is 1120. The molecule has 2 heterocycles. The van der Waals surface area contributed by atoms with Crippen LogP contribution in [0.1, 0.15) is 35.2 Å². The summed E-state index contributed by atoms with van der Waals surface area (Å²) in [5.74, 6) is -0.161. The Labute approximate surface area is 173 Å². The second kappa shape index (κ2) is 8.25. The van der Waals surface area contributed by atoms with E-state index in [1.165, 1.54) is 35.6 Å². The van der Waals surface area contributed by atoms with Gasteiger partial charge in [-0.15, -0.1) is 5.10 Å². The van der Waals surface area contributed by atoms with E-state index in [1.807, 2.05) is 6.07 Å². The molecule has 1 fully saturated rings. The van der Waals surface area contributed by atoms with Crippen LogP contribution < -0.4 is 9.62 Å². The third-order valence-electron chi connectivity index (χ3n) is 4.76. The first kappa shape index (κ1) is 20.0. The number of ether oxygens (including phenoxy) is 1. The van der Waals surface area contributed by atoms with Gasteiger partial charge in [0.25, 0.3) is 15.9 Å². The van der Waals surface area contributed by atoms with Crippen LogP contribution >= 0.6 is 0 Å². The van der Waals surface area contributed by atoms with Crippen molar-refractivity contribution in [2.24, 2.45) is 0 Å². The zero-order valence-corrected chi connectivity index (χ0v) is 17.0. The zero-order valence-electron chi connectivity index (χ0n) is 16.2. The van der Waals surface area contributed by atoms with Crippen molar-refractivity contribution in [1.29, 1.82) is 0 Å². The van der Waals surface area contributed by atoms with Crippen LogP contribution in [0.4, 0.5) is 11.7 Å². The summed E-state index contributed by atoms with van der Waals surface area (Å²) in [5, 5.41) is 10.2. The minimum atomic E-state index is -3.75. The molecule has 1 amide bonds. The fourth-order valence-electron chi connectivity index (χ4n) is 3.07. The summed E-state index contributed by atoms with van der Waals surface area (Å²) in [5.41, 5.74) is 0.797. The summed E-state index contributed by atoms with van der Waals surface area (Å²) < 4.78 is 37.7. The summed E-state index contributed by atoms with van der Waals surface area (Å²) in [6, 6.07) is 14.3. The molecule has 4 rings (SSSR count). The first-order valence-corrected chi connectivity index (χ1v) is 10.8. The summed E-state index contributed by atoms with van der Waals surface area (Å²) in [6.45, 7) is 0.642. The van der Waals surface area contributed by atoms with E-state index in [1.54, 1.807) is 24.3 Å². The van der Waals surface area contributed by atoms with Crippen LogP contribution in [0, 0.1) is 0 Å². The Morgan fingerprint density at radius 3 is 2.50 bits per heavy atom. The minimum Gasteiger partial charge on any atom is -0.405 e. The predicted octanol–water partition coefficient (Wildman–Crippen LogP) is 3.00. The fraction of sp³-hybridized carbons (Fsp3) is 0.250. The topological polar surface area (TPSA) is 115 Å². The Kier molecular flexibility index (Phi) is 5.51. The monoisotopic (exact) mass is 428 g/mol. The summed E-state index contributed by atoms with van der Waals surface area (Å²) >= 11 is 0. The summed E-state index contributed by atoms with van der Waals surface area (Å²) in [7, 11) is -2.27. The third kappa shape index (κ3) is 4.05. The molecule has 1 atom stereocenters. The summed E-state index contributed by atoms with van der Waals surface area (Å²) in [6.07, 6.45) is 1.47. The number of hydrogen-bond acceptors (Lipinski definition) is 7. The number of anilines is 2. The number of hydrogen-bond donors (Lipinski definition) is 1. The van der Waals surface area contributed by atoms with Gasteiger partial charge in [0, 0.05) is 19.2 Å². The zero-order chi connectivity index (χ0) is 21.1. The number of benzene rings is 2. The molecule has 1 aliphatic rings. The molecule has 0 saturated carbocycles. The van der Waals surface area contributed by atoms with E-state index in [2.05, 4.69) is 15.5 Å². The van der Waals surface area contributed by atoms with Crippen LogP contribution in [0.3, 0.4) is 0 Å². The lowest BCUT2D eigenvalue weighted by Crippen LogP contribution is -2.26. The molecule has 10 heteroatoms. The molecular weight excluding hydrogens is 408 g/mol. The standard InChI is InChI=1S/C20H20N4O5S/c1-24(15-6-3-2-4-7-15)30(26,27)16-11-9-14(10-12-16)18(25)21-20-23-22-19(29-20)17-8-5-13-28-17/h2-4,6-7,9-12,17H,5,8,13H2,1H3,(H,21,23,25). The average Bonchev–Trinajstić information content (AvgIpc) is 3.46. The molecular formula is C20H20N4O5S. The predicted molar refractivity (Wildman–Crippen MR) is 109 cm³/mol. The van der Waals surface area contributed by atoms with E-state index in [4.69, 9.17) is 9.15 Å². The van der Waals surface area contributed by atoms with E-state index < -0.39 is 15.9 Å². The third-order valence-corrected chi connectivity index (χ3v) is 6.56. The molecule has 156 valence electrons. The Hall–Kier alpha value is -3.24. The molecule has 30 heavy (non-hydrogen) atoms. The van der Waals surface area contributed by atoms with Crippen LogP contribution in [0.2, 0.25) is 0 Å². The first-order chi connectivity index (χ1) is 14.4. The van der Waals surface area contributed by atoms with E-state index in [0.29, 0.717) is 18.2 Å². The molecule has 0 bridgehead atoms. The van der Waals surface area contributed by atoms with Crippen LogP contribution in [0.5, 0.6) is 0 Å². The molecule has 1 aliphatic heterocycles. The SMILES string of the molecule is CN(c1ccccc1)S(=O)(=O)c1ccc(C(=O)Nc2nnc(C3CCCO3)o2)cc1. The van der Waals surface area contributed by atoms with Crippen molar-refractivity contribution in [1.82, 2.24) is 10.2 Å². The lowest BCUT2D eigenvalue weighted by atomic mass is 10.2. The summed E-state index contributed by atoms with van der Waals surface area (Å²) in [4.78, 5) is 12.5. The number of carbonyl (C=O) groups excluding carboxylic acids is 1. The second-order valence-electron chi connectivity index (χ2n) is 6.73. The van der Waals surface area contributed by atoms with Crippen molar-refractivity contribution < 1.29 is 22.4 Å². The number of nitrogens with zero attached hydrogens (tertiary/aromatic N) is 3. The highest BCUT2D eigenvalue weighted by Gasteiger charge is 2.25. The number of aromatic nitrogens is 2. The fourth-order valence-corrected chi connectivity index (χ4v) is 4.27. The molecule has 0 spiro atoms. The maximum absolute atomic E-state index is 12.8. The Balaban J connectivity index is 1.46. The molecule has 0 aliphatic carbocycles. The van der Waals surface area contributed by atoms with Gasteiger partial charge in [-0.3, -0.25) is 14.4 Å². The number of amides is 1. The van der Waals surface area contributed by atoms with E-state index in [-0.39, 0.29) is 22.6 Å². The van der Waals surface area contributed by atoms with Gasteiger partial charge in [-0.1, -0.05) is 23.3 Å². The highest BCUT2D eigenvalue weighted by Crippen LogP contribution is 2.28. The molecule has 1 N–H and O–H groups in total. The van der Waals surface area contributed by atoms with Crippen LogP contribution in [0.25, 0.3) is 0 Å². The van der Waals surface area contributed by atoms with E-state index in [9.17, 15) is 13.2 Å². The molecule has 1 unspecified atom stereocenters. The van der Waals surface area contributed by atoms with Crippen LogP contribution in [0.15, 0.2) is 63.9 Å². The van der Waals surface area contributed by atoms with Crippen molar-refractivity contribution >= 4 is 27.6 Å². The lowest BCUT2D eigenvalue weighted by molar-refractivity contribution is 0.0893. The quantitative estimate of drug-likeness (QED) is 0.642. The number of rotatable bonds is 6. The normalized spacial score (nSPS) is 16.4. The van der Waals surface area contributed by atoms with E-state index in [0.717, 1.165) is 12.8 Å². The smallest absolute Gasteiger partial charge is 0.322 e. The number of nitrogens with one attached hydrogen (secondary N) is 1. The molecule has 3 aromatic rings. The average molecular weight is 428 g/mol. The molecule has 1 aromatic heterocycles. The second-order valence-corrected chi connectivity index (χ2v) is 8.70. The van der Waals surface area contributed by atoms with Gasteiger partial charge in [-0.05, 0) is 49.2 Å². The van der Waals surface area contributed by atoms with Gasteiger partial charge in [0.05, 0.1) is 10.6 Å². The van der Waals surface area contributed by atoms with Gasteiger partial charge in [0.15, 0.2) is 0 Å². The highest BCUT2D eigenvalue weighted by molar-refractivity contribution is 7.92. The maximum atomic E-state index is 12.8. The maximum Gasteiger partial charge on any atom is 0.322 e. The van der Waals surface area contributed by atoms with Gasteiger partial charge in [0.2, 0.25) is 5.89 Å². The highest BCUT2D eigenvalue weighted by atomic mass is 32.2. The van der Waals surface area contributed by atoms with Crippen molar-refractivity contribution in [3.8, 4) is 0 Å². The Morgan fingerprint density at radius 1 is 1.10 bits per heavy atom. The lowest BCUT2D eigenvalue weighted by Gasteiger charge is -2.19. The minimum absolute atomic E-state index is 0.0361. The van der Waals surface area contributed by atoms with Gasteiger partial charge in [0.1, 0.15) is 6.10 Å². The first-order valence-electron chi connectivity index (χ1n) is 9.35. The van der Waals surface area contributed by atoms with E-state index >= 15 is 0 Å². The van der Waals surface area contributed by atoms with Gasteiger partial charge in [-0.25, -0.2) is 8.42 Å². The molecule has 2 aromatic carbocycles. The largest absolute Gasteiger partial charge is 0.405 e. The van der Waals surface area contributed by atoms with Crippen molar-refractivity contribution in [2.45, 2.75) is 23.8 Å². The Morgan fingerprint density at radius 2 is 1.83 bits per heavy atom. The van der Waals surface area contributed by atoms with Gasteiger partial charge in [-0.2, -0.15) is 0 Å².